The summed E-state index contributed by atoms with van der Waals surface area (Å²) in [6.07, 6.45) is 1.40. The zero-order chi connectivity index (χ0) is 9.56. The van der Waals surface area contributed by atoms with Crippen LogP contribution in [0.3, 0.4) is 0 Å². The zero-order valence-electron chi connectivity index (χ0n) is 5.94. The lowest BCUT2D eigenvalue weighted by Crippen LogP contribution is -1.89. The standard InChI is InChI=1S/C5H3ClN2O2.CH2O/c6-5-4(8(9)10)2-1-3-7-5;1-2/h1-3H;1H2. The Labute approximate surface area is 73.1 Å². The van der Waals surface area contributed by atoms with Crippen LogP contribution < -0.4 is 0 Å². The largest absolute Gasteiger partial charge is 0.307 e. The molecule has 0 unspecified atom stereocenters. The van der Waals surface area contributed by atoms with Crippen molar-refractivity contribution in [2.75, 3.05) is 0 Å². The fraction of sp³-hybridized carbons (Fsp3) is 0. The van der Waals surface area contributed by atoms with Crippen LogP contribution in [0.1, 0.15) is 0 Å². The van der Waals surface area contributed by atoms with Crippen LogP contribution in [0.2, 0.25) is 5.15 Å². The lowest BCUT2D eigenvalue weighted by Gasteiger charge is -1.89. The molecule has 0 spiro atoms. The summed E-state index contributed by atoms with van der Waals surface area (Å²) in [5, 5.41) is 10.0. The van der Waals surface area contributed by atoms with Gasteiger partial charge in [0.05, 0.1) is 4.92 Å². The Morgan fingerprint density at radius 1 is 1.58 bits per heavy atom. The van der Waals surface area contributed by atoms with Gasteiger partial charge in [-0.05, 0) is 6.07 Å². The molecule has 0 aliphatic carbocycles. The van der Waals surface area contributed by atoms with Crippen molar-refractivity contribution in [3.05, 3.63) is 33.6 Å². The number of nitrogens with zero attached hydrogens (tertiary/aromatic N) is 2. The quantitative estimate of drug-likeness (QED) is 0.380. The molecule has 0 aliphatic heterocycles. The van der Waals surface area contributed by atoms with Crippen molar-refractivity contribution < 1.29 is 9.72 Å². The summed E-state index contributed by atoms with van der Waals surface area (Å²) < 4.78 is 0. The van der Waals surface area contributed by atoms with E-state index in [0.29, 0.717) is 0 Å². The van der Waals surface area contributed by atoms with Gasteiger partial charge in [0.25, 0.3) is 0 Å². The Balaban J connectivity index is 0.000000561. The van der Waals surface area contributed by atoms with Crippen molar-refractivity contribution in [2.24, 2.45) is 0 Å². The second kappa shape index (κ2) is 5.20. The minimum Gasteiger partial charge on any atom is -0.307 e. The van der Waals surface area contributed by atoms with Gasteiger partial charge in [-0.15, -0.1) is 0 Å². The van der Waals surface area contributed by atoms with Crippen molar-refractivity contribution in [3.8, 4) is 0 Å². The van der Waals surface area contributed by atoms with Crippen LogP contribution >= 0.6 is 11.6 Å². The molecular weight excluding hydrogens is 184 g/mol. The first-order valence-electron chi connectivity index (χ1n) is 2.75. The van der Waals surface area contributed by atoms with Crippen LogP contribution in [0, 0.1) is 10.1 Å². The number of nitro groups is 1. The molecule has 0 saturated carbocycles. The van der Waals surface area contributed by atoms with Crippen LogP contribution in [0.4, 0.5) is 5.69 Å². The predicted octanol–water partition coefficient (Wildman–Crippen LogP) is 1.46. The summed E-state index contributed by atoms with van der Waals surface area (Å²) in [6, 6.07) is 2.76. The molecule has 0 aliphatic rings. The molecule has 0 radical (unpaired) electrons. The van der Waals surface area contributed by atoms with Crippen molar-refractivity contribution in [1.82, 2.24) is 4.98 Å². The van der Waals surface area contributed by atoms with E-state index in [0.717, 1.165) is 0 Å². The van der Waals surface area contributed by atoms with E-state index in [1.54, 1.807) is 0 Å². The maximum absolute atomic E-state index is 10.1. The van der Waals surface area contributed by atoms with Crippen LogP contribution in [-0.4, -0.2) is 16.7 Å². The molecule has 1 aromatic heterocycles. The molecule has 0 N–H and O–H groups in total. The van der Waals surface area contributed by atoms with E-state index in [-0.39, 0.29) is 10.8 Å². The van der Waals surface area contributed by atoms with E-state index in [9.17, 15) is 10.1 Å². The summed E-state index contributed by atoms with van der Waals surface area (Å²) >= 11 is 5.37. The minimum atomic E-state index is -0.574. The van der Waals surface area contributed by atoms with Crippen molar-refractivity contribution >= 4 is 24.1 Å². The van der Waals surface area contributed by atoms with Crippen LogP contribution in [0.5, 0.6) is 0 Å². The number of rotatable bonds is 1. The van der Waals surface area contributed by atoms with Gasteiger partial charge < -0.3 is 4.79 Å². The van der Waals surface area contributed by atoms with Crippen molar-refractivity contribution in [3.63, 3.8) is 0 Å². The summed E-state index contributed by atoms with van der Waals surface area (Å²) in [6.45, 7) is 2.00. The SMILES string of the molecule is C=O.O=[N+]([O-])c1cccnc1Cl. The molecule has 1 rings (SSSR count). The molecule has 0 saturated heterocycles. The molecule has 1 heterocycles. The van der Waals surface area contributed by atoms with Gasteiger partial charge in [-0.1, -0.05) is 11.6 Å². The Hall–Kier alpha value is -1.49. The lowest BCUT2D eigenvalue weighted by molar-refractivity contribution is -0.385. The first kappa shape index (κ1) is 10.5. The fourth-order valence-corrected chi connectivity index (χ4v) is 0.702. The third-order valence-corrected chi connectivity index (χ3v) is 1.23. The topological polar surface area (TPSA) is 73.1 Å². The molecule has 5 nitrogen and oxygen atoms in total. The number of halogens is 1. The first-order valence-corrected chi connectivity index (χ1v) is 3.13. The van der Waals surface area contributed by atoms with Crippen molar-refractivity contribution in [1.29, 1.82) is 0 Å². The highest BCUT2D eigenvalue weighted by Gasteiger charge is 2.09. The summed E-state index contributed by atoms with van der Waals surface area (Å²) in [5.74, 6) is 0. The molecular formula is C6H5ClN2O3. The lowest BCUT2D eigenvalue weighted by atomic mass is 10.4. The zero-order valence-corrected chi connectivity index (χ0v) is 6.69. The van der Waals surface area contributed by atoms with E-state index < -0.39 is 4.92 Å². The first-order chi connectivity index (χ1) is 5.72. The van der Waals surface area contributed by atoms with E-state index in [1.165, 1.54) is 18.3 Å². The average molecular weight is 189 g/mol. The Bertz CT molecular complexity index is 279. The minimum absolute atomic E-state index is 0.0764. The smallest absolute Gasteiger partial charge is 0.306 e. The van der Waals surface area contributed by atoms with E-state index in [2.05, 4.69) is 4.98 Å². The van der Waals surface area contributed by atoms with E-state index >= 15 is 0 Å². The second-order valence-corrected chi connectivity index (χ2v) is 1.93. The highest BCUT2D eigenvalue weighted by atomic mass is 35.5. The molecule has 64 valence electrons. The molecule has 0 aromatic carbocycles. The van der Waals surface area contributed by atoms with Gasteiger partial charge in [-0.2, -0.15) is 0 Å². The van der Waals surface area contributed by atoms with Gasteiger partial charge in [0.2, 0.25) is 5.15 Å². The monoisotopic (exact) mass is 188 g/mol. The fourth-order valence-electron chi connectivity index (χ4n) is 0.514. The number of hydrogen-bond acceptors (Lipinski definition) is 4. The number of pyridine rings is 1. The van der Waals surface area contributed by atoms with Gasteiger partial charge in [-0.25, -0.2) is 4.98 Å². The number of aromatic nitrogens is 1. The van der Waals surface area contributed by atoms with Gasteiger partial charge in [0, 0.05) is 12.3 Å². The third-order valence-electron chi connectivity index (χ3n) is 0.936. The van der Waals surface area contributed by atoms with Crippen molar-refractivity contribution in [2.45, 2.75) is 0 Å². The van der Waals surface area contributed by atoms with Gasteiger partial charge >= 0.3 is 5.69 Å². The van der Waals surface area contributed by atoms with Gasteiger partial charge in [-0.3, -0.25) is 10.1 Å². The molecule has 6 heteroatoms. The third kappa shape index (κ3) is 2.63. The molecule has 1 aromatic rings. The summed E-state index contributed by atoms with van der Waals surface area (Å²) in [4.78, 5) is 21.1. The van der Waals surface area contributed by atoms with E-state index in [4.69, 9.17) is 16.4 Å². The molecule has 12 heavy (non-hydrogen) atoms. The highest BCUT2D eigenvalue weighted by molar-refractivity contribution is 6.31. The highest BCUT2D eigenvalue weighted by Crippen LogP contribution is 2.19. The molecule has 0 fully saturated rings. The average Bonchev–Trinajstić information content (AvgIpc) is 2.08. The second-order valence-electron chi connectivity index (χ2n) is 1.57. The maximum Gasteiger partial charge on any atom is 0.306 e. The van der Waals surface area contributed by atoms with Crippen LogP contribution in [0.25, 0.3) is 0 Å². The number of carbonyl (C=O) groups is 1. The molecule has 0 atom stereocenters. The summed E-state index contributed by atoms with van der Waals surface area (Å²) in [7, 11) is 0. The van der Waals surface area contributed by atoms with Crippen LogP contribution in [0.15, 0.2) is 18.3 Å². The van der Waals surface area contributed by atoms with Gasteiger partial charge in [0.1, 0.15) is 6.79 Å². The predicted molar refractivity (Wildman–Crippen MR) is 43.0 cm³/mol. The number of carbonyl (C=O) groups excluding carboxylic acids is 1. The Morgan fingerprint density at radius 2 is 2.17 bits per heavy atom. The number of hydrogen-bond donors (Lipinski definition) is 0. The summed E-state index contributed by atoms with van der Waals surface area (Å²) in [5.41, 5.74) is -0.163. The molecule has 0 bridgehead atoms. The Morgan fingerprint density at radius 3 is 2.50 bits per heavy atom. The Kier molecular flexibility index (Phi) is 4.55. The van der Waals surface area contributed by atoms with Crippen LogP contribution in [-0.2, 0) is 4.79 Å². The maximum atomic E-state index is 10.1. The van der Waals surface area contributed by atoms with E-state index in [1.807, 2.05) is 6.79 Å². The van der Waals surface area contributed by atoms with Gasteiger partial charge in [0.15, 0.2) is 0 Å². The normalized spacial score (nSPS) is 8.08. The molecule has 0 amide bonds.